The first-order valence-electron chi connectivity index (χ1n) is 7.26. The fourth-order valence-electron chi connectivity index (χ4n) is 2.20. The van der Waals surface area contributed by atoms with E-state index in [0.717, 1.165) is 6.42 Å². The van der Waals surface area contributed by atoms with Gasteiger partial charge in [-0.05, 0) is 25.5 Å². The number of rotatable bonds is 6. The third kappa shape index (κ3) is 3.71. The van der Waals surface area contributed by atoms with E-state index >= 15 is 0 Å². The van der Waals surface area contributed by atoms with Crippen LogP contribution in [-0.2, 0) is 16.1 Å². The number of carbonyl (C=O) groups excluding carboxylic acids is 1. The maximum absolute atomic E-state index is 12.0. The monoisotopic (exact) mass is 303 g/mol. The van der Waals surface area contributed by atoms with E-state index in [4.69, 9.17) is 4.74 Å². The number of hydrogen-bond donors (Lipinski definition) is 1. The Morgan fingerprint density at radius 3 is 2.91 bits per heavy atom. The zero-order valence-electron chi connectivity index (χ0n) is 13.1. The van der Waals surface area contributed by atoms with Crippen molar-refractivity contribution in [1.29, 1.82) is 0 Å². The van der Waals surface area contributed by atoms with Crippen LogP contribution in [0.3, 0.4) is 0 Å². The summed E-state index contributed by atoms with van der Waals surface area (Å²) < 4.78 is 6.23. The highest BCUT2D eigenvalue weighted by Gasteiger charge is 2.25. The molecule has 2 heterocycles. The van der Waals surface area contributed by atoms with Crippen LogP contribution in [-0.4, -0.2) is 28.0 Å². The Kier molecular flexibility index (Phi) is 4.92. The van der Waals surface area contributed by atoms with Gasteiger partial charge in [0.05, 0.1) is 19.2 Å². The summed E-state index contributed by atoms with van der Waals surface area (Å²) in [5.74, 6) is -0.261. The number of esters is 1. The van der Waals surface area contributed by atoms with Crippen molar-refractivity contribution in [3.8, 4) is 0 Å². The summed E-state index contributed by atoms with van der Waals surface area (Å²) in [7, 11) is 1.38. The predicted octanol–water partition coefficient (Wildman–Crippen LogP) is 1.52. The van der Waals surface area contributed by atoms with Gasteiger partial charge >= 0.3 is 5.97 Å². The number of fused-ring (bicyclic) bond motifs is 1. The van der Waals surface area contributed by atoms with Crippen molar-refractivity contribution in [1.82, 2.24) is 14.7 Å². The van der Waals surface area contributed by atoms with E-state index in [0.29, 0.717) is 17.9 Å². The van der Waals surface area contributed by atoms with E-state index in [9.17, 15) is 9.59 Å². The lowest BCUT2D eigenvalue weighted by atomic mass is 9.94. The summed E-state index contributed by atoms with van der Waals surface area (Å²) >= 11 is 0. The molecule has 6 nitrogen and oxygen atoms in total. The molecule has 2 rings (SSSR count). The molecule has 0 unspecified atom stereocenters. The van der Waals surface area contributed by atoms with Gasteiger partial charge in [0.25, 0.3) is 5.56 Å². The fourth-order valence-corrected chi connectivity index (χ4v) is 2.20. The summed E-state index contributed by atoms with van der Waals surface area (Å²) in [6.45, 7) is 4.37. The average Bonchev–Trinajstić information content (AvgIpc) is 2.53. The highest BCUT2D eigenvalue weighted by atomic mass is 16.5. The number of nitrogens with one attached hydrogen (secondary N) is 1. The normalized spacial score (nSPS) is 13.8. The van der Waals surface area contributed by atoms with Crippen molar-refractivity contribution in [2.24, 2.45) is 0 Å². The Balaban J connectivity index is 2.16. The number of nitrogens with zero attached hydrogens (tertiary/aromatic N) is 2. The van der Waals surface area contributed by atoms with Gasteiger partial charge in [-0.1, -0.05) is 13.0 Å². The van der Waals surface area contributed by atoms with Gasteiger partial charge in [-0.15, -0.1) is 0 Å². The van der Waals surface area contributed by atoms with Crippen molar-refractivity contribution in [3.05, 3.63) is 46.5 Å². The van der Waals surface area contributed by atoms with Crippen molar-refractivity contribution in [3.63, 3.8) is 0 Å². The summed E-state index contributed by atoms with van der Waals surface area (Å²) in [6.07, 6.45) is 2.72. The Hall–Kier alpha value is -2.21. The van der Waals surface area contributed by atoms with Crippen LogP contribution in [0, 0.1) is 0 Å². The van der Waals surface area contributed by atoms with Crippen molar-refractivity contribution in [2.75, 3.05) is 7.11 Å². The van der Waals surface area contributed by atoms with Gasteiger partial charge in [0.1, 0.15) is 5.65 Å². The zero-order chi connectivity index (χ0) is 16.2. The van der Waals surface area contributed by atoms with Crippen molar-refractivity contribution < 1.29 is 9.53 Å². The van der Waals surface area contributed by atoms with E-state index in [-0.39, 0.29) is 17.9 Å². The largest absolute Gasteiger partial charge is 0.469 e. The van der Waals surface area contributed by atoms with Crippen LogP contribution < -0.4 is 10.9 Å². The molecule has 6 heteroatoms. The molecule has 2 aromatic heterocycles. The SMILES string of the molecule is CC[C@](C)(CC(=O)OC)NCc1cc(=O)n2ccccc2n1. The molecule has 0 bridgehead atoms. The number of hydrogen-bond acceptors (Lipinski definition) is 5. The fraction of sp³-hybridized carbons (Fsp3) is 0.438. The minimum atomic E-state index is -0.392. The van der Waals surface area contributed by atoms with Gasteiger partial charge in [-0.25, -0.2) is 4.98 Å². The molecule has 1 N–H and O–H groups in total. The lowest BCUT2D eigenvalue weighted by molar-refractivity contribution is -0.142. The Labute approximate surface area is 129 Å². The van der Waals surface area contributed by atoms with Crippen LogP contribution in [0.15, 0.2) is 35.3 Å². The highest BCUT2D eigenvalue weighted by molar-refractivity contribution is 5.70. The van der Waals surface area contributed by atoms with E-state index in [1.807, 2.05) is 19.9 Å². The van der Waals surface area contributed by atoms with E-state index in [1.165, 1.54) is 17.6 Å². The molecular weight excluding hydrogens is 282 g/mol. The molecule has 1 atom stereocenters. The summed E-state index contributed by atoms with van der Waals surface area (Å²) in [4.78, 5) is 28.0. The van der Waals surface area contributed by atoms with Gasteiger partial charge in [0.2, 0.25) is 0 Å². The first-order valence-corrected chi connectivity index (χ1v) is 7.26. The molecule has 0 fully saturated rings. The lowest BCUT2D eigenvalue weighted by Crippen LogP contribution is -2.43. The second kappa shape index (κ2) is 6.70. The number of carbonyl (C=O) groups is 1. The molecule has 0 aromatic carbocycles. The zero-order valence-corrected chi connectivity index (χ0v) is 13.1. The molecule has 0 aliphatic rings. The third-order valence-corrected chi connectivity index (χ3v) is 3.86. The molecule has 0 saturated heterocycles. The first kappa shape index (κ1) is 16.2. The minimum Gasteiger partial charge on any atom is -0.469 e. The smallest absolute Gasteiger partial charge is 0.307 e. The van der Waals surface area contributed by atoms with Crippen molar-refractivity contribution in [2.45, 2.75) is 38.8 Å². The molecule has 0 aliphatic heterocycles. The average molecular weight is 303 g/mol. The molecule has 0 amide bonds. The maximum atomic E-state index is 12.0. The quantitative estimate of drug-likeness (QED) is 0.819. The van der Waals surface area contributed by atoms with Crippen LogP contribution >= 0.6 is 0 Å². The molecule has 118 valence electrons. The minimum absolute atomic E-state index is 0.117. The molecule has 0 spiro atoms. The topological polar surface area (TPSA) is 72.7 Å². The summed E-state index contributed by atoms with van der Waals surface area (Å²) in [6, 6.07) is 6.93. The molecular formula is C16H21N3O3. The summed E-state index contributed by atoms with van der Waals surface area (Å²) in [5, 5.41) is 3.31. The molecule has 0 aliphatic carbocycles. The summed E-state index contributed by atoms with van der Waals surface area (Å²) in [5.41, 5.74) is 0.753. The Bertz CT molecular complexity index is 726. The van der Waals surface area contributed by atoms with Crippen LogP contribution in [0.5, 0.6) is 0 Å². The van der Waals surface area contributed by atoms with Gasteiger partial charge < -0.3 is 10.1 Å². The molecule has 0 radical (unpaired) electrons. The second-order valence-corrected chi connectivity index (χ2v) is 5.54. The molecule has 2 aromatic rings. The number of aromatic nitrogens is 2. The van der Waals surface area contributed by atoms with Crippen LogP contribution in [0.2, 0.25) is 0 Å². The van der Waals surface area contributed by atoms with E-state index in [1.54, 1.807) is 18.3 Å². The Morgan fingerprint density at radius 2 is 2.23 bits per heavy atom. The van der Waals surface area contributed by atoms with E-state index in [2.05, 4.69) is 10.3 Å². The molecule has 0 saturated carbocycles. The van der Waals surface area contributed by atoms with Crippen LogP contribution in [0.1, 0.15) is 32.4 Å². The second-order valence-electron chi connectivity index (χ2n) is 5.54. The third-order valence-electron chi connectivity index (χ3n) is 3.86. The predicted molar refractivity (Wildman–Crippen MR) is 83.6 cm³/mol. The highest BCUT2D eigenvalue weighted by Crippen LogP contribution is 2.16. The lowest BCUT2D eigenvalue weighted by Gasteiger charge is -2.28. The van der Waals surface area contributed by atoms with Gasteiger partial charge in [0, 0.05) is 24.3 Å². The maximum Gasteiger partial charge on any atom is 0.307 e. The van der Waals surface area contributed by atoms with Gasteiger partial charge in [-0.3, -0.25) is 14.0 Å². The van der Waals surface area contributed by atoms with E-state index < -0.39 is 5.54 Å². The molecule has 22 heavy (non-hydrogen) atoms. The Morgan fingerprint density at radius 1 is 1.45 bits per heavy atom. The van der Waals surface area contributed by atoms with Crippen LogP contribution in [0.25, 0.3) is 5.65 Å². The van der Waals surface area contributed by atoms with Gasteiger partial charge in [-0.2, -0.15) is 0 Å². The number of ether oxygens (including phenoxy) is 1. The first-order chi connectivity index (χ1) is 10.5. The van der Waals surface area contributed by atoms with Crippen LogP contribution in [0.4, 0.5) is 0 Å². The van der Waals surface area contributed by atoms with Crippen molar-refractivity contribution >= 4 is 11.6 Å². The van der Waals surface area contributed by atoms with Gasteiger partial charge in [0.15, 0.2) is 0 Å². The standard InChI is InChI=1S/C16H21N3O3/c1-4-16(2,10-15(21)22-3)17-11-12-9-14(20)19-8-6-5-7-13(19)18-12/h5-9,17H,4,10-11H2,1-3H3/t16-/m1/s1. The number of pyridine rings is 1. The number of methoxy groups -OCH3 is 1.